The monoisotopic (exact) mass is 123 g/mol. The lowest BCUT2D eigenvalue weighted by Crippen LogP contribution is -2.15. The average Bonchev–Trinajstić information content (AvgIpc) is 1.91. The lowest BCUT2D eigenvalue weighted by atomic mass is 10.4. The van der Waals surface area contributed by atoms with Crippen molar-refractivity contribution in [1.29, 1.82) is 0 Å². The Balaban J connectivity index is 0. The molecule has 0 bridgehead atoms. The van der Waals surface area contributed by atoms with E-state index in [1.807, 2.05) is 0 Å². The molecule has 0 heterocycles. The minimum atomic E-state index is -0.954. The molecule has 0 saturated heterocycles. The first-order valence-corrected chi connectivity index (χ1v) is 2.28. The predicted molar refractivity (Wildman–Crippen MR) is 30.3 cm³/mol. The molecule has 0 aliphatic carbocycles. The van der Waals surface area contributed by atoms with Crippen LogP contribution in [0, 0.1) is 0 Å². The van der Waals surface area contributed by atoms with Gasteiger partial charge in [0.2, 0.25) is 0 Å². The minimum Gasteiger partial charge on any atom is -0.394 e. The Hall–Kier alpha value is -0.160. The highest BCUT2D eigenvalue weighted by Gasteiger charge is 1.93. The number of aliphatic hydroxyl groups is 3. The fourth-order valence-corrected chi connectivity index (χ4v) is 0.0577. The van der Waals surface area contributed by atoms with Gasteiger partial charge in [0.25, 0.3) is 0 Å². The molecule has 8 heavy (non-hydrogen) atoms. The number of nitrogens with two attached hydrogens (primary N) is 1. The number of hydrogen-bond donors (Lipinski definition) is 4. The zero-order valence-corrected chi connectivity index (χ0v) is 4.91. The van der Waals surface area contributed by atoms with Gasteiger partial charge in [0.05, 0.1) is 13.2 Å². The van der Waals surface area contributed by atoms with E-state index >= 15 is 0 Å². The topological polar surface area (TPSA) is 86.7 Å². The van der Waals surface area contributed by atoms with E-state index in [-0.39, 0.29) is 13.2 Å². The molecule has 0 spiro atoms. The standard InChI is InChI=1S/C3H8O3.CH5N/c4-1-3(6)2-5;1-2/h3-6H,1-2H2;2H2,1H3. The molecule has 0 aromatic rings. The van der Waals surface area contributed by atoms with Gasteiger partial charge in [0, 0.05) is 0 Å². The second-order valence-electron chi connectivity index (χ2n) is 1.02. The highest BCUT2D eigenvalue weighted by atomic mass is 16.3. The van der Waals surface area contributed by atoms with Gasteiger partial charge in [-0.1, -0.05) is 0 Å². The summed E-state index contributed by atoms with van der Waals surface area (Å²) in [7, 11) is 1.50. The molecule has 4 nitrogen and oxygen atoms in total. The summed E-state index contributed by atoms with van der Waals surface area (Å²) in [6.07, 6.45) is -0.954. The van der Waals surface area contributed by atoms with Crippen LogP contribution in [0.15, 0.2) is 0 Å². The molecule has 0 aliphatic heterocycles. The van der Waals surface area contributed by atoms with E-state index in [1.54, 1.807) is 0 Å². The molecule has 4 heteroatoms. The van der Waals surface area contributed by atoms with Crippen molar-refractivity contribution in [2.24, 2.45) is 5.73 Å². The fraction of sp³-hybridized carbons (Fsp3) is 1.00. The summed E-state index contributed by atoms with van der Waals surface area (Å²) in [6, 6.07) is 0. The first-order chi connectivity index (χ1) is 3.81. The van der Waals surface area contributed by atoms with Crippen LogP contribution in [-0.2, 0) is 0 Å². The van der Waals surface area contributed by atoms with Crippen molar-refractivity contribution in [2.45, 2.75) is 6.10 Å². The van der Waals surface area contributed by atoms with E-state index < -0.39 is 6.10 Å². The molecule has 0 atom stereocenters. The van der Waals surface area contributed by atoms with Crippen molar-refractivity contribution >= 4 is 0 Å². The highest BCUT2D eigenvalue weighted by Crippen LogP contribution is 1.71. The van der Waals surface area contributed by atoms with Crippen molar-refractivity contribution in [1.82, 2.24) is 0 Å². The SMILES string of the molecule is CN.OCC(O)CO. The molecule has 52 valence electrons. The smallest absolute Gasteiger partial charge is 0.100 e. The molecule has 5 N–H and O–H groups in total. The molecular formula is C4H13NO3. The van der Waals surface area contributed by atoms with Crippen molar-refractivity contribution in [3.63, 3.8) is 0 Å². The zero-order valence-electron chi connectivity index (χ0n) is 4.91. The summed E-state index contributed by atoms with van der Waals surface area (Å²) < 4.78 is 0. The van der Waals surface area contributed by atoms with Crippen LogP contribution in [0.25, 0.3) is 0 Å². The Bertz CT molecular complexity index is 30.5. The Labute approximate surface area is 48.6 Å². The molecule has 0 aromatic carbocycles. The zero-order chi connectivity index (χ0) is 6.99. The predicted octanol–water partition coefficient (Wildman–Crippen LogP) is -2.09. The van der Waals surface area contributed by atoms with Crippen molar-refractivity contribution < 1.29 is 15.3 Å². The lowest BCUT2D eigenvalue weighted by molar-refractivity contribution is 0.0450. The maximum atomic E-state index is 8.17. The van der Waals surface area contributed by atoms with Crippen LogP contribution in [-0.4, -0.2) is 41.7 Å². The van der Waals surface area contributed by atoms with Crippen molar-refractivity contribution in [2.75, 3.05) is 20.3 Å². The van der Waals surface area contributed by atoms with E-state index in [1.165, 1.54) is 7.05 Å². The fourth-order valence-electron chi connectivity index (χ4n) is 0.0577. The second kappa shape index (κ2) is 9.96. The van der Waals surface area contributed by atoms with E-state index in [0.29, 0.717) is 0 Å². The number of rotatable bonds is 2. The minimum absolute atomic E-state index is 0.365. The summed E-state index contributed by atoms with van der Waals surface area (Å²) in [4.78, 5) is 0. The molecule has 0 radical (unpaired) electrons. The first-order valence-electron chi connectivity index (χ1n) is 2.28. The van der Waals surface area contributed by atoms with Gasteiger partial charge in [-0.3, -0.25) is 0 Å². The van der Waals surface area contributed by atoms with Crippen LogP contribution in [0.3, 0.4) is 0 Å². The summed E-state index contributed by atoms with van der Waals surface area (Å²) >= 11 is 0. The van der Waals surface area contributed by atoms with Crippen LogP contribution in [0.1, 0.15) is 0 Å². The Kier molecular flexibility index (Phi) is 13.4. The quantitative estimate of drug-likeness (QED) is 0.339. The third-order valence-corrected chi connectivity index (χ3v) is 0.421. The molecule has 0 aliphatic rings. The van der Waals surface area contributed by atoms with Gasteiger partial charge in [0.15, 0.2) is 0 Å². The van der Waals surface area contributed by atoms with Crippen LogP contribution >= 0.6 is 0 Å². The normalized spacial score (nSPS) is 8.25. The van der Waals surface area contributed by atoms with Gasteiger partial charge in [-0.05, 0) is 7.05 Å². The lowest BCUT2D eigenvalue weighted by Gasteiger charge is -1.96. The summed E-state index contributed by atoms with van der Waals surface area (Å²) in [6.45, 7) is -0.729. The van der Waals surface area contributed by atoms with Gasteiger partial charge < -0.3 is 21.1 Å². The van der Waals surface area contributed by atoms with Gasteiger partial charge in [0.1, 0.15) is 6.10 Å². The molecule has 0 unspecified atom stereocenters. The van der Waals surface area contributed by atoms with Gasteiger partial charge in [-0.15, -0.1) is 0 Å². The van der Waals surface area contributed by atoms with E-state index in [9.17, 15) is 0 Å². The van der Waals surface area contributed by atoms with E-state index in [2.05, 4.69) is 5.73 Å². The highest BCUT2D eigenvalue weighted by molar-refractivity contribution is 4.43. The van der Waals surface area contributed by atoms with Crippen molar-refractivity contribution in [3.8, 4) is 0 Å². The number of aliphatic hydroxyl groups excluding tert-OH is 3. The molecule has 0 rings (SSSR count). The Morgan fingerprint density at radius 1 is 1.25 bits per heavy atom. The summed E-state index contributed by atoms with van der Waals surface area (Å²) in [5.41, 5.74) is 4.50. The molecule has 0 amide bonds. The van der Waals surface area contributed by atoms with Crippen molar-refractivity contribution in [3.05, 3.63) is 0 Å². The second-order valence-corrected chi connectivity index (χ2v) is 1.02. The van der Waals surface area contributed by atoms with Crippen LogP contribution in [0.2, 0.25) is 0 Å². The molecule has 0 aromatic heterocycles. The molecular weight excluding hydrogens is 110 g/mol. The van der Waals surface area contributed by atoms with E-state index in [0.717, 1.165) is 0 Å². The summed E-state index contributed by atoms with van der Waals surface area (Å²) in [5.74, 6) is 0. The van der Waals surface area contributed by atoms with Gasteiger partial charge in [-0.25, -0.2) is 0 Å². The average molecular weight is 123 g/mol. The largest absolute Gasteiger partial charge is 0.394 e. The third kappa shape index (κ3) is 9.28. The third-order valence-electron chi connectivity index (χ3n) is 0.421. The number of hydrogen-bond acceptors (Lipinski definition) is 4. The first kappa shape index (κ1) is 10.8. The van der Waals surface area contributed by atoms with Gasteiger partial charge in [-0.2, -0.15) is 0 Å². The van der Waals surface area contributed by atoms with E-state index in [4.69, 9.17) is 15.3 Å². The Morgan fingerprint density at radius 3 is 1.50 bits per heavy atom. The molecule has 0 saturated carbocycles. The van der Waals surface area contributed by atoms with Crippen LogP contribution in [0.5, 0.6) is 0 Å². The Morgan fingerprint density at radius 2 is 1.50 bits per heavy atom. The molecule has 0 fully saturated rings. The maximum Gasteiger partial charge on any atom is 0.100 e. The van der Waals surface area contributed by atoms with Crippen LogP contribution in [0.4, 0.5) is 0 Å². The van der Waals surface area contributed by atoms with Gasteiger partial charge >= 0.3 is 0 Å². The van der Waals surface area contributed by atoms with Crippen LogP contribution < -0.4 is 5.73 Å². The summed E-state index contributed by atoms with van der Waals surface area (Å²) in [5, 5.41) is 24.0. The maximum absolute atomic E-state index is 8.17.